The van der Waals surface area contributed by atoms with Crippen molar-refractivity contribution in [2.45, 2.75) is 19.4 Å². The Morgan fingerprint density at radius 2 is 1.83 bits per heavy atom. The molecule has 0 unspecified atom stereocenters. The molecule has 4 amide bonds. The highest BCUT2D eigenvalue weighted by atomic mass is 16.5. The topological polar surface area (TPSA) is 79.0 Å². The number of carbonyl (C=O) groups excluding carboxylic acids is 3. The molecular weight excluding hydrogens is 310 g/mol. The fourth-order valence-corrected chi connectivity index (χ4v) is 2.97. The highest BCUT2D eigenvalue weighted by Crippen LogP contribution is 2.29. The summed E-state index contributed by atoms with van der Waals surface area (Å²) in [4.78, 5) is 40.0. The molecule has 7 heteroatoms. The van der Waals surface area contributed by atoms with Crippen LogP contribution in [0.3, 0.4) is 0 Å². The van der Waals surface area contributed by atoms with E-state index in [9.17, 15) is 14.4 Å². The number of urea groups is 1. The lowest BCUT2D eigenvalue weighted by atomic mass is 9.91. The van der Waals surface area contributed by atoms with Crippen LogP contribution in [0.5, 0.6) is 0 Å². The molecule has 0 spiro atoms. The van der Waals surface area contributed by atoms with Crippen LogP contribution in [0.1, 0.15) is 18.1 Å². The van der Waals surface area contributed by atoms with Gasteiger partial charge in [0.25, 0.3) is 5.91 Å². The Balaban J connectivity index is 1.76. The molecular formula is C17H21N3O4. The van der Waals surface area contributed by atoms with Gasteiger partial charge in [-0.2, -0.15) is 0 Å². The molecule has 0 saturated carbocycles. The number of nitrogens with zero attached hydrogens (tertiary/aromatic N) is 2. The van der Waals surface area contributed by atoms with Gasteiger partial charge in [-0.25, -0.2) is 4.79 Å². The van der Waals surface area contributed by atoms with E-state index in [1.54, 1.807) is 11.8 Å². The molecule has 3 rings (SSSR count). The monoisotopic (exact) mass is 331 g/mol. The van der Waals surface area contributed by atoms with Gasteiger partial charge in [0.05, 0.1) is 13.2 Å². The predicted molar refractivity (Wildman–Crippen MR) is 86.2 cm³/mol. The number of rotatable bonds is 3. The minimum absolute atomic E-state index is 0.241. The number of hydrogen-bond donors (Lipinski definition) is 1. The fraction of sp³-hybridized carbons (Fsp3) is 0.471. The number of carbonyl (C=O) groups is 3. The van der Waals surface area contributed by atoms with Crippen LogP contribution in [0.2, 0.25) is 0 Å². The lowest BCUT2D eigenvalue weighted by molar-refractivity contribution is -0.141. The smallest absolute Gasteiger partial charge is 0.325 e. The van der Waals surface area contributed by atoms with Crippen LogP contribution in [0.4, 0.5) is 4.79 Å². The SMILES string of the molecule is Cc1ccc([C@]2(C)NC(=O)N(CC(=O)N3CCOCC3)C2=O)cc1. The molecule has 2 aliphatic rings. The molecule has 2 fully saturated rings. The van der Waals surface area contributed by atoms with Gasteiger partial charge in [-0.15, -0.1) is 0 Å². The van der Waals surface area contributed by atoms with E-state index in [0.717, 1.165) is 10.5 Å². The quantitative estimate of drug-likeness (QED) is 0.824. The number of benzene rings is 1. The zero-order valence-electron chi connectivity index (χ0n) is 13.9. The summed E-state index contributed by atoms with van der Waals surface area (Å²) in [6, 6.07) is 6.88. The van der Waals surface area contributed by atoms with E-state index in [2.05, 4.69) is 5.32 Å². The van der Waals surface area contributed by atoms with Crippen molar-refractivity contribution in [3.63, 3.8) is 0 Å². The average molecular weight is 331 g/mol. The second kappa shape index (κ2) is 6.24. The first-order valence-corrected chi connectivity index (χ1v) is 7.98. The third-order valence-electron chi connectivity index (χ3n) is 4.56. The van der Waals surface area contributed by atoms with Crippen LogP contribution in [-0.2, 0) is 19.9 Å². The molecule has 0 aliphatic carbocycles. The van der Waals surface area contributed by atoms with Crippen molar-refractivity contribution >= 4 is 17.8 Å². The molecule has 2 aliphatic heterocycles. The van der Waals surface area contributed by atoms with Crippen LogP contribution >= 0.6 is 0 Å². The molecule has 1 aromatic rings. The Morgan fingerprint density at radius 3 is 2.46 bits per heavy atom. The van der Waals surface area contributed by atoms with Crippen molar-refractivity contribution in [2.24, 2.45) is 0 Å². The number of aryl methyl sites for hydroxylation is 1. The Hall–Kier alpha value is -2.41. The zero-order valence-corrected chi connectivity index (χ0v) is 13.9. The van der Waals surface area contributed by atoms with Crippen molar-refractivity contribution in [3.05, 3.63) is 35.4 Å². The lowest BCUT2D eigenvalue weighted by Crippen LogP contribution is -2.47. The normalized spacial score (nSPS) is 24.2. The molecule has 2 heterocycles. The third-order valence-corrected chi connectivity index (χ3v) is 4.56. The van der Waals surface area contributed by atoms with E-state index in [4.69, 9.17) is 4.74 Å². The predicted octanol–water partition coefficient (Wildman–Crippen LogP) is 0.621. The summed E-state index contributed by atoms with van der Waals surface area (Å²) in [6.07, 6.45) is 0. The maximum Gasteiger partial charge on any atom is 0.325 e. The number of ether oxygens (including phenoxy) is 1. The summed E-state index contributed by atoms with van der Waals surface area (Å²) in [7, 11) is 0. The van der Waals surface area contributed by atoms with Crippen molar-refractivity contribution < 1.29 is 19.1 Å². The second-order valence-electron chi connectivity index (χ2n) is 6.31. The minimum Gasteiger partial charge on any atom is -0.378 e. The fourth-order valence-electron chi connectivity index (χ4n) is 2.97. The Labute approximate surface area is 140 Å². The van der Waals surface area contributed by atoms with Crippen LogP contribution < -0.4 is 5.32 Å². The summed E-state index contributed by atoms with van der Waals surface area (Å²) in [6.45, 7) is 5.30. The molecule has 1 atom stereocenters. The van der Waals surface area contributed by atoms with Gasteiger partial charge in [0.1, 0.15) is 12.1 Å². The largest absolute Gasteiger partial charge is 0.378 e. The van der Waals surface area contributed by atoms with Gasteiger partial charge in [0, 0.05) is 13.1 Å². The van der Waals surface area contributed by atoms with E-state index >= 15 is 0 Å². The molecule has 0 aromatic heterocycles. The molecule has 128 valence electrons. The number of amides is 4. The first-order chi connectivity index (χ1) is 11.4. The number of imide groups is 1. The summed E-state index contributed by atoms with van der Waals surface area (Å²) in [5.41, 5.74) is 0.627. The van der Waals surface area contributed by atoms with Crippen LogP contribution in [0.15, 0.2) is 24.3 Å². The Morgan fingerprint density at radius 1 is 1.21 bits per heavy atom. The van der Waals surface area contributed by atoms with Gasteiger partial charge in [-0.3, -0.25) is 14.5 Å². The summed E-state index contributed by atoms with van der Waals surface area (Å²) in [5.74, 6) is -0.645. The third kappa shape index (κ3) is 2.87. The summed E-state index contributed by atoms with van der Waals surface area (Å²) >= 11 is 0. The van der Waals surface area contributed by atoms with Crippen molar-refractivity contribution in [1.82, 2.24) is 15.1 Å². The molecule has 0 radical (unpaired) electrons. The summed E-state index contributed by atoms with van der Waals surface area (Å²) in [5, 5.41) is 2.72. The Bertz CT molecular complexity index is 667. The number of nitrogens with one attached hydrogen (secondary N) is 1. The maximum absolute atomic E-state index is 12.8. The van der Waals surface area contributed by atoms with Crippen LogP contribution in [0.25, 0.3) is 0 Å². The van der Waals surface area contributed by atoms with E-state index in [1.165, 1.54) is 0 Å². The van der Waals surface area contributed by atoms with Gasteiger partial charge >= 0.3 is 6.03 Å². The maximum atomic E-state index is 12.8. The van der Waals surface area contributed by atoms with Gasteiger partial charge in [0.15, 0.2) is 0 Å². The van der Waals surface area contributed by atoms with Crippen LogP contribution in [0, 0.1) is 6.92 Å². The van der Waals surface area contributed by atoms with Gasteiger partial charge in [-0.05, 0) is 19.4 Å². The number of morpholine rings is 1. The van der Waals surface area contributed by atoms with E-state index in [0.29, 0.717) is 31.9 Å². The molecule has 24 heavy (non-hydrogen) atoms. The summed E-state index contributed by atoms with van der Waals surface area (Å²) < 4.78 is 5.21. The molecule has 2 saturated heterocycles. The van der Waals surface area contributed by atoms with Gasteiger partial charge < -0.3 is 15.0 Å². The van der Waals surface area contributed by atoms with Gasteiger partial charge in [0.2, 0.25) is 5.91 Å². The van der Waals surface area contributed by atoms with E-state index in [1.807, 2.05) is 31.2 Å². The zero-order chi connectivity index (χ0) is 17.3. The first kappa shape index (κ1) is 16.4. The molecule has 0 bridgehead atoms. The van der Waals surface area contributed by atoms with E-state index < -0.39 is 17.5 Å². The molecule has 7 nitrogen and oxygen atoms in total. The average Bonchev–Trinajstić information content (AvgIpc) is 2.80. The van der Waals surface area contributed by atoms with Gasteiger partial charge in [-0.1, -0.05) is 29.8 Å². The second-order valence-corrected chi connectivity index (χ2v) is 6.31. The number of hydrogen-bond acceptors (Lipinski definition) is 4. The molecule has 1 N–H and O–H groups in total. The first-order valence-electron chi connectivity index (χ1n) is 7.98. The highest BCUT2D eigenvalue weighted by Gasteiger charge is 2.49. The standard InChI is InChI=1S/C17H21N3O4/c1-12-3-5-13(6-4-12)17(2)15(22)20(16(23)18-17)11-14(21)19-7-9-24-10-8-19/h3-6H,7-11H2,1-2H3,(H,18,23)/t17-/m0/s1. The van der Waals surface area contributed by atoms with E-state index in [-0.39, 0.29) is 12.5 Å². The lowest BCUT2D eigenvalue weighted by Gasteiger charge is -2.28. The minimum atomic E-state index is -1.14. The van der Waals surface area contributed by atoms with Crippen molar-refractivity contribution in [3.8, 4) is 0 Å². The van der Waals surface area contributed by atoms with Crippen molar-refractivity contribution in [2.75, 3.05) is 32.8 Å². The Kier molecular flexibility index (Phi) is 4.28. The molecule has 1 aromatic carbocycles. The highest BCUT2D eigenvalue weighted by molar-refractivity contribution is 6.09. The van der Waals surface area contributed by atoms with Crippen LogP contribution in [-0.4, -0.2) is 60.5 Å². The van der Waals surface area contributed by atoms with Crippen molar-refractivity contribution in [1.29, 1.82) is 0 Å².